The van der Waals surface area contributed by atoms with Gasteiger partial charge in [-0.2, -0.15) is 0 Å². The van der Waals surface area contributed by atoms with E-state index in [0.717, 1.165) is 10.1 Å². The molecule has 2 aromatic carbocycles. The van der Waals surface area contributed by atoms with Crippen LogP contribution in [0.5, 0.6) is 5.75 Å². The summed E-state index contributed by atoms with van der Waals surface area (Å²) >= 11 is 5.32. The van der Waals surface area contributed by atoms with Crippen LogP contribution in [0.4, 0.5) is 13.2 Å². The third kappa shape index (κ3) is 4.42. The zero-order chi connectivity index (χ0) is 22.7. The summed E-state index contributed by atoms with van der Waals surface area (Å²) in [5, 5.41) is 10.1. The Labute approximate surface area is 181 Å². The predicted molar refractivity (Wildman–Crippen MR) is 111 cm³/mol. The second-order valence-corrected chi connectivity index (χ2v) is 7.24. The molecule has 0 amide bonds. The van der Waals surface area contributed by atoms with Crippen molar-refractivity contribution >= 4 is 29.1 Å². The summed E-state index contributed by atoms with van der Waals surface area (Å²) < 4.78 is 54.1. The molecule has 0 saturated heterocycles. The number of esters is 1. The maximum atomic E-state index is 14.8. The Morgan fingerprint density at radius 2 is 1.87 bits per heavy atom. The summed E-state index contributed by atoms with van der Waals surface area (Å²) in [5.41, 5.74) is 0.00953. The SMILES string of the molecule is CCOC(=O)c1c(O)c2cc(F)c(F)c(F)c2n([C@@H](C)COCc2ccccc2)c1=S. The standard InChI is InChI=1S/C22H20F3NO4S/c1-3-30-22(28)16-20(27)14-9-15(23)17(24)18(25)19(14)26(21(16)31)12(2)10-29-11-13-7-5-4-6-8-13/h4-9,12,27H,3,10-11H2,1-2H3/t12-/m0/s1. The maximum absolute atomic E-state index is 14.8. The number of fused-ring (bicyclic) bond motifs is 1. The van der Waals surface area contributed by atoms with E-state index in [9.17, 15) is 23.1 Å². The summed E-state index contributed by atoms with van der Waals surface area (Å²) in [6.45, 7) is 3.44. The van der Waals surface area contributed by atoms with Gasteiger partial charge in [-0.15, -0.1) is 0 Å². The van der Waals surface area contributed by atoms with E-state index < -0.39 is 51.7 Å². The molecule has 0 aliphatic rings. The fraction of sp³-hybridized carbons (Fsp3) is 0.273. The van der Waals surface area contributed by atoms with Crippen LogP contribution in [0.1, 0.15) is 35.8 Å². The molecule has 1 atom stereocenters. The zero-order valence-corrected chi connectivity index (χ0v) is 17.6. The van der Waals surface area contributed by atoms with Crippen molar-refractivity contribution in [3.05, 3.63) is 69.6 Å². The molecule has 5 nitrogen and oxygen atoms in total. The molecule has 0 spiro atoms. The van der Waals surface area contributed by atoms with Crippen molar-refractivity contribution in [2.45, 2.75) is 26.5 Å². The first-order valence-corrected chi connectivity index (χ1v) is 9.92. The average Bonchev–Trinajstić information content (AvgIpc) is 2.74. The molecule has 164 valence electrons. The molecule has 1 aromatic heterocycles. The smallest absolute Gasteiger partial charge is 0.344 e. The van der Waals surface area contributed by atoms with Crippen LogP contribution in [0.2, 0.25) is 0 Å². The number of ether oxygens (including phenoxy) is 2. The molecule has 1 N–H and O–H groups in total. The van der Waals surface area contributed by atoms with Crippen molar-refractivity contribution in [2.24, 2.45) is 0 Å². The number of hydrogen-bond donors (Lipinski definition) is 1. The molecule has 0 saturated carbocycles. The molecule has 0 aliphatic heterocycles. The minimum absolute atomic E-state index is 0.00698. The number of aromatic hydroxyl groups is 1. The minimum atomic E-state index is -1.71. The van der Waals surface area contributed by atoms with E-state index in [2.05, 4.69) is 0 Å². The number of hydrogen-bond acceptors (Lipinski definition) is 5. The lowest BCUT2D eigenvalue weighted by atomic mass is 10.1. The van der Waals surface area contributed by atoms with Gasteiger partial charge < -0.3 is 19.1 Å². The van der Waals surface area contributed by atoms with Crippen molar-refractivity contribution in [1.82, 2.24) is 4.57 Å². The van der Waals surface area contributed by atoms with Crippen molar-refractivity contribution < 1.29 is 32.5 Å². The van der Waals surface area contributed by atoms with Crippen LogP contribution in [0, 0.1) is 22.1 Å². The summed E-state index contributed by atoms with van der Waals surface area (Å²) in [5.74, 6) is -6.47. The van der Waals surface area contributed by atoms with Crippen molar-refractivity contribution in [1.29, 1.82) is 0 Å². The van der Waals surface area contributed by atoms with Gasteiger partial charge in [0, 0.05) is 5.39 Å². The summed E-state index contributed by atoms with van der Waals surface area (Å²) in [6.07, 6.45) is 0. The first-order chi connectivity index (χ1) is 14.8. The lowest BCUT2D eigenvalue weighted by Crippen LogP contribution is -2.19. The lowest BCUT2D eigenvalue weighted by molar-refractivity contribution is 0.0520. The van der Waals surface area contributed by atoms with Gasteiger partial charge in [-0.3, -0.25) is 0 Å². The van der Waals surface area contributed by atoms with E-state index in [1.807, 2.05) is 30.3 Å². The Kier molecular flexibility index (Phi) is 6.97. The zero-order valence-electron chi connectivity index (χ0n) is 16.8. The van der Waals surface area contributed by atoms with Crippen LogP contribution in [0.15, 0.2) is 36.4 Å². The van der Waals surface area contributed by atoms with Crippen molar-refractivity contribution in [3.63, 3.8) is 0 Å². The highest BCUT2D eigenvalue weighted by atomic mass is 32.1. The van der Waals surface area contributed by atoms with Gasteiger partial charge >= 0.3 is 5.97 Å². The quantitative estimate of drug-likeness (QED) is 0.294. The number of aromatic nitrogens is 1. The number of halogens is 3. The number of carbonyl (C=O) groups excluding carboxylic acids is 1. The Morgan fingerprint density at radius 3 is 2.52 bits per heavy atom. The van der Waals surface area contributed by atoms with Gasteiger partial charge in [-0.25, -0.2) is 18.0 Å². The highest BCUT2D eigenvalue weighted by Crippen LogP contribution is 2.36. The fourth-order valence-electron chi connectivity index (χ4n) is 3.26. The van der Waals surface area contributed by atoms with Gasteiger partial charge in [0.25, 0.3) is 0 Å². The van der Waals surface area contributed by atoms with Crippen LogP contribution in [-0.2, 0) is 16.1 Å². The molecule has 3 aromatic rings. The number of nitrogens with zero attached hydrogens (tertiary/aromatic N) is 1. The van der Waals surface area contributed by atoms with E-state index in [0.29, 0.717) is 6.07 Å². The normalized spacial score (nSPS) is 12.2. The molecule has 31 heavy (non-hydrogen) atoms. The van der Waals surface area contributed by atoms with E-state index >= 15 is 0 Å². The van der Waals surface area contributed by atoms with Gasteiger partial charge in [0.2, 0.25) is 0 Å². The van der Waals surface area contributed by atoms with Crippen LogP contribution < -0.4 is 0 Å². The van der Waals surface area contributed by atoms with Gasteiger partial charge in [0.15, 0.2) is 17.5 Å². The van der Waals surface area contributed by atoms with E-state index in [4.69, 9.17) is 21.7 Å². The molecule has 1 heterocycles. The average molecular weight is 451 g/mol. The largest absolute Gasteiger partial charge is 0.506 e. The van der Waals surface area contributed by atoms with Crippen LogP contribution in [0.25, 0.3) is 10.9 Å². The van der Waals surface area contributed by atoms with Gasteiger partial charge in [-0.1, -0.05) is 42.5 Å². The molecular formula is C22H20F3NO4S. The lowest BCUT2D eigenvalue weighted by Gasteiger charge is -2.22. The van der Waals surface area contributed by atoms with Crippen LogP contribution >= 0.6 is 12.2 Å². The highest BCUT2D eigenvalue weighted by Gasteiger charge is 2.27. The molecule has 0 radical (unpaired) electrons. The number of rotatable bonds is 7. The Hall–Kier alpha value is -2.91. The van der Waals surface area contributed by atoms with Crippen LogP contribution in [-0.4, -0.2) is 28.9 Å². The Balaban J connectivity index is 2.12. The van der Waals surface area contributed by atoms with E-state index in [1.165, 1.54) is 0 Å². The molecule has 0 unspecified atom stereocenters. The Bertz CT molecular complexity index is 1180. The van der Waals surface area contributed by atoms with Gasteiger partial charge in [0.05, 0.1) is 31.4 Å². The summed E-state index contributed by atoms with van der Waals surface area (Å²) in [6, 6.07) is 9.22. The molecular weight excluding hydrogens is 431 g/mol. The fourth-order valence-corrected chi connectivity index (χ4v) is 3.71. The first kappa shape index (κ1) is 22.8. The minimum Gasteiger partial charge on any atom is -0.506 e. The molecule has 0 aliphatic carbocycles. The predicted octanol–water partition coefficient (Wildman–Crippen LogP) is 5.45. The number of carbonyl (C=O) groups is 1. The number of pyridine rings is 1. The second kappa shape index (κ2) is 9.49. The molecule has 9 heteroatoms. The maximum Gasteiger partial charge on any atom is 0.344 e. The topological polar surface area (TPSA) is 60.7 Å². The van der Waals surface area contributed by atoms with E-state index in [1.54, 1.807) is 13.8 Å². The third-order valence-electron chi connectivity index (χ3n) is 4.69. The molecule has 0 fully saturated rings. The summed E-state index contributed by atoms with van der Waals surface area (Å²) in [4.78, 5) is 12.4. The van der Waals surface area contributed by atoms with E-state index in [-0.39, 0.29) is 24.5 Å². The van der Waals surface area contributed by atoms with Crippen molar-refractivity contribution in [3.8, 4) is 5.75 Å². The van der Waals surface area contributed by atoms with Gasteiger partial charge in [-0.05, 0) is 25.5 Å². The summed E-state index contributed by atoms with van der Waals surface area (Å²) in [7, 11) is 0. The Morgan fingerprint density at radius 1 is 1.19 bits per heavy atom. The highest BCUT2D eigenvalue weighted by molar-refractivity contribution is 7.71. The first-order valence-electron chi connectivity index (χ1n) is 9.51. The molecule has 3 rings (SSSR count). The van der Waals surface area contributed by atoms with Gasteiger partial charge in [0.1, 0.15) is 16.0 Å². The monoisotopic (exact) mass is 451 g/mol. The second-order valence-electron chi connectivity index (χ2n) is 6.85. The number of benzene rings is 2. The van der Waals surface area contributed by atoms with Crippen molar-refractivity contribution in [2.75, 3.05) is 13.2 Å². The molecule has 0 bridgehead atoms. The van der Waals surface area contributed by atoms with Crippen LogP contribution in [0.3, 0.4) is 0 Å². The third-order valence-corrected chi connectivity index (χ3v) is 5.09.